The van der Waals surface area contributed by atoms with E-state index in [1.807, 2.05) is 47.9 Å². The number of aryl methyl sites for hydroxylation is 1. The van der Waals surface area contributed by atoms with Gasteiger partial charge in [0.2, 0.25) is 11.9 Å². The first-order valence-corrected chi connectivity index (χ1v) is 10.3. The molecule has 0 radical (unpaired) electrons. The van der Waals surface area contributed by atoms with Crippen LogP contribution in [0, 0.1) is 0 Å². The molecule has 2 aliphatic heterocycles. The van der Waals surface area contributed by atoms with E-state index in [-0.39, 0.29) is 17.9 Å². The van der Waals surface area contributed by atoms with Crippen molar-refractivity contribution >= 4 is 23.6 Å². The molecular weight excluding hydrogens is 384 g/mol. The summed E-state index contributed by atoms with van der Waals surface area (Å²) < 4.78 is 1.76. The lowest BCUT2D eigenvalue weighted by Crippen LogP contribution is -2.48. The standard InChI is InChI=1S/C20H28N8O2/c1-13(2)28-12-16-17(19(28)30)22-20(27-9-7-26(8-10-27)14(3)29)23-18(16)21-11-15-5-6-25(4)24-15/h5-6,13H,7-12H2,1-4H3,(H,21,22,23). The van der Waals surface area contributed by atoms with E-state index in [9.17, 15) is 9.59 Å². The van der Waals surface area contributed by atoms with Crippen LogP contribution in [-0.2, 0) is 24.9 Å². The summed E-state index contributed by atoms with van der Waals surface area (Å²) in [6.45, 7) is 9.12. The number of carbonyl (C=O) groups is 2. The molecule has 0 aromatic carbocycles. The van der Waals surface area contributed by atoms with Crippen molar-refractivity contribution in [1.29, 1.82) is 0 Å². The molecule has 4 heterocycles. The quantitative estimate of drug-likeness (QED) is 0.777. The summed E-state index contributed by atoms with van der Waals surface area (Å²) in [5.41, 5.74) is 2.19. The fraction of sp³-hybridized carbons (Fsp3) is 0.550. The van der Waals surface area contributed by atoms with E-state index in [1.165, 1.54) is 0 Å². The van der Waals surface area contributed by atoms with Crippen LogP contribution in [0.1, 0.15) is 42.5 Å². The number of anilines is 2. The third kappa shape index (κ3) is 3.81. The first-order chi connectivity index (χ1) is 14.3. The molecular formula is C20H28N8O2. The number of rotatable bonds is 5. The maximum atomic E-state index is 13.0. The first-order valence-electron chi connectivity index (χ1n) is 10.3. The number of hydrogen-bond donors (Lipinski definition) is 1. The van der Waals surface area contributed by atoms with E-state index < -0.39 is 0 Å². The number of fused-ring (bicyclic) bond motifs is 1. The Hall–Kier alpha value is -3.17. The van der Waals surface area contributed by atoms with Gasteiger partial charge in [0, 0.05) is 58.0 Å². The highest BCUT2D eigenvalue weighted by atomic mass is 16.2. The highest BCUT2D eigenvalue weighted by Gasteiger charge is 2.35. The molecule has 2 aromatic rings. The molecule has 4 rings (SSSR count). The van der Waals surface area contributed by atoms with Crippen molar-refractivity contribution in [3.63, 3.8) is 0 Å². The van der Waals surface area contributed by atoms with E-state index in [1.54, 1.807) is 11.6 Å². The van der Waals surface area contributed by atoms with Gasteiger partial charge in [-0.2, -0.15) is 10.1 Å². The third-order valence-electron chi connectivity index (χ3n) is 5.62. The van der Waals surface area contributed by atoms with Crippen LogP contribution in [0.3, 0.4) is 0 Å². The Balaban J connectivity index is 1.62. The number of carbonyl (C=O) groups excluding carboxylic acids is 2. The van der Waals surface area contributed by atoms with Crippen LogP contribution in [0.4, 0.5) is 11.8 Å². The molecule has 10 heteroatoms. The summed E-state index contributed by atoms with van der Waals surface area (Å²) in [4.78, 5) is 39.7. The molecule has 2 aliphatic rings. The lowest BCUT2D eigenvalue weighted by Gasteiger charge is -2.34. The number of aromatic nitrogens is 4. The smallest absolute Gasteiger partial charge is 0.273 e. The van der Waals surface area contributed by atoms with Gasteiger partial charge >= 0.3 is 0 Å². The molecule has 160 valence electrons. The predicted molar refractivity (Wildman–Crippen MR) is 112 cm³/mol. The maximum Gasteiger partial charge on any atom is 0.273 e. The van der Waals surface area contributed by atoms with Gasteiger partial charge in [0.05, 0.1) is 18.8 Å². The van der Waals surface area contributed by atoms with Gasteiger partial charge in [0.15, 0.2) is 0 Å². The number of piperazine rings is 1. The molecule has 0 spiro atoms. The summed E-state index contributed by atoms with van der Waals surface area (Å²) in [7, 11) is 1.88. The molecule has 0 saturated carbocycles. The lowest BCUT2D eigenvalue weighted by atomic mass is 10.2. The Morgan fingerprint density at radius 1 is 1.20 bits per heavy atom. The van der Waals surface area contributed by atoms with Crippen LogP contribution in [0.5, 0.6) is 0 Å². The molecule has 2 amide bonds. The Labute approximate surface area is 175 Å². The van der Waals surface area contributed by atoms with Crippen LogP contribution in [0.25, 0.3) is 0 Å². The predicted octanol–water partition coefficient (Wildman–Crippen LogP) is 0.855. The van der Waals surface area contributed by atoms with Crippen LogP contribution in [0.15, 0.2) is 12.3 Å². The van der Waals surface area contributed by atoms with E-state index in [4.69, 9.17) is 4.98 Å². The minimum absolute atomic E-state index is 0.0630. The zero-order valence-electron chi connectivity index (χ0n) is 17.9. The maximum absolute atomic E-state index is 13.0. The molecule has 0 atom stereocenters. The van der Waals surface area contributed by atoms with Crippen molar-refractivity contribution in [2.24, 2.45) is 7.05 Å². The molecule has 1 N–H and O–H groups in total. The second-order valence-corrected chi connectivity index (χ2v) is 8.05. The SMILES string of the molecule is CC(=O)N1CCN(c2nc(NCc3ccn(C)n3)c3c(n2)C(=O)N(C(C)C)C3)CC1. The molecule has 1 fully saturated rings. The Morgan fingerprint density at radius 2 is 1.93 bits per heavy atom. The van der Waals surface area contributed by atoms with Crippen LogP contribution >= 0.6 is 0 Å². The summed E-state index contributed by atoms with van der Waals surface area (Å²) in [6, 6.07) is 2.03. The number of nitrogens with one attached hydrogen (secondary N) is 1. The topological polar surface area (TPSA) is 99.5 Å². The third-order valence-corrected chi connectivity index (χ3v) is 5.62. The molecule has 0 unspecified atom stereocenters. The molecule has 1 saturated heterocycles. The number of nitrogens with zero attached hydrogens (tertiary/aromatic N) is 7. The second-order valence-electron chi connectivity index (χ2n) is 8.05. The minimum atomic E-state index is -0.0630. The van der Waals surface area contributed by atoms with Crippen molar-refractivity contribution in [2.45, 2.75) is 39.9 Å². The number of amides is 2. The van der Waals surface area contributed by atoms with Gasteiger partial charge < -0.3 is 20.0 Å². The van der Waals surface area contributed by atoms with Crippen LogP contribution in [0.2, 0.25) is 0 Å². The van der Waals surface area contributed by atoms with Crippen LogP contribution < -0.4 is 10.2 Å². The molecule has 0 aliphatic carbocycles. The molecule has 0 bridgehead atoms. The summed E-state index contributed by atoms with van der Waals surface area (Å²) in [5, 5.41) is 7.76. The number of hydrogen-bond acceptors (Lipinski definition) is 7. The monoisotopic (exact) mass is 412 g/mol. The summed E-state index contributed by atoms with van der Waals surface area (Å²) in [5.74, 6) is 1.21. The Bertz CT molecular complexity index is 962. The van der Waals surface area contributed by atoms with Crippen molar-refractivity contribution in [3.8, 4) is 0 Å². The summed E-state index contributed by atoms with van der Waals surface area (Å²) in [6.07, 6.45) is 1.89. The van der Waals surface area contributed by atoms with Gasteiger partial charge in [0.1, 0.15) is 11.5 Å². The highest BCUT2D eigenvalue weighted by molar-refractivity contribution is 5.98. The van der Waals surface area contributed by atoms with Crippen molar-refractivity contribution in [3.05, 3.63) is 29.2 Å². The highest BCUT2D eigenvalue weighted by Crippen LogP contribution is 2.30. The van der Waals surface area contributed by atoms with Gasteiger partial charge in [-0.05, 0) is 19.9 Å². The minimum Gasteiger partial charge on any atom is -0.364 e. The van der Waals surface area contributed by atoms with Crippen molar-refractivity contribution < 1.29 is 9.59 Å². The summed E-state index contributed by atoms with van der Waals surface area (Å²) >= 11 is 0. The second kappa shape index (κ2) is 7.92. The van der Waals surface area contributed by atoms with Gasteiger partial charge in [-0.25, -0.2) is 4.98 Å². The molecule has 30 heavy (non-hydrogen) atoms. The average molecular weight is 412 g/mol. The fourth-order valence-corrected chi connectivity index (χ4v) is 3.83. The van der Waals surface area contributed by atoms with Crippen molar-refractivity contribution in [1.82, 2.24) is 29.5 Å². The van der Waals surface area contributed by atoms with E-state index >= 15 is 0 Å². The lowest BCUT2D eigenvalue weighted by molar-refractivity contribution is -0.129. The molecule has 10 nitrogen and oxygen atoms in total. The Kier molecular flexibility index (Phi) is 5.31. The average Bonchev–Trinajstić information content (AvgIpc) is 3.29. The van der Waals surface area contributed by atoms with E-state index in [2.05, 4.69) is 15.4 Å². The first kappa shape index (κ1) is 20.1. The van der Waals surface area contributed by atoms with Gasteiger partial charge in [-0.15, -0.1) is 0 Å². The van der Waals surface area contributed by atoms with Gasteiger partial charge in [-0.3, -0.25) is 14.3 Å². The Morgan fingerprint density at radius 3 is 2.53 bits per heavy atom. The van der Waals surface area contributed by atoms with Crippen molar-refractivity contribution in [2.75, 3.05) is 36.4 Å². The van der Waals surface area contributed by atoms with E-state index in [0.717, 1.165) is 11.3 Å². The molecule has 2 aromatic heterocycles. The fourth-order valence-electron chi connectivity index (χ4n) is 3.83. The van der Waals surface area contributed by atoms with Crippen LogP contribution in [-0.4, -0.2) is 73.6 Å². The van der Waals surface area contributed by atoms with Gasteiger partial charge in [0.25, 0.3) is 5.91 Å². The van der Waals surface area contributed by atoms with E-state index in [0.29, 0.717) is 56.7 Å². The van der Waals surface area contributed by atoms with Gasteiger partial charge in [-0.1, -0.05) is 0 Å². The zero-order chi connectivity index (χ0) is 21.4. The largest absolute Gasteiger partial charge is 0.364 e. The zero-order valence-corrected chi connectivity index (χ0v) is 17.9. The normalized spacial score (nSPS) is 16.4.